The van der Waals surface area contributed by atoms with Crippen LogP contribution < -0.4 is 14.8 Å². The van der Waals surface area contributed by atoms with E-state index in [2.05, 4.69) is 14.1 Å². The summed E-state index contributed by atoms with van der Waals surface area (Å²) in [7, 11) is 1.58. The van der Waals surface area contributed by atoms with Crippen molar-refractivity contribution in [2.24, 2.45) is 0 Å². The standard InChI is InChI=1S/C12H14ClN3O3S/c1-18-9-2-3-10(13)11(4-9)14-5-8(17)7-19-12-6-15-20-16-12/h2-4,6,8,14,17H,5,7H2,1H3. The maximum Gasteiger partial charge on any atom is 0.245 e. The second kappa shape index (κ2) is 7.28. The van der Waals surface area contributed by atoms with E-state index in [-0.39, 0.29) is 6.61 Å². The molecule has 0 bridgehead atoms. The molecule has 0 saturated heterocycles. The molecule has 2 rings (SSSR count). The lowest BCUT2D eigenvalue weighted by Crippen LogP contribution is -2.26. The van der Waals surface area contributed by atoms with Gasteiger partial charge in [-0.05, 0) is 12.1 Å². The van der Waals surface area contributed by atoms with Gasteiger partial charge in [-0.3, -0.25) is 0 Å². The topological polar surface area (TPSA) is 76.5 Å². The predicted octanol–water partition coefficient (Wildman–Crippen LogP) is 2.05. The summed E-state index contributed by atoms with van der Waals surface area (Å²) in [5.74, 6) is 1.10. The number of nitrogens with one attached hydrogen (secondary N) is 1. The number of ether oxygens (including phenoxy) is 2. The van der Waals surface area contributed by atoms with Gasteiger partial charge >= 0.3 is 0 Å². The van der Waals surface area contributed by atoms with E-state index in [9.17, 15) is 5.11 Å². The van der Waals surface area contributed by atoms with Crippen LogP contribution in [0.3, 0.4) is 0 Å². The van der Waals surface area contributed by atoms with E-state index in [1.807, 2.05) is 0 Å². The molecule has 1 aromatic heterocycles. The predicted molar refractivity (Wildman–Crippen MR) is 77.9 cm³/mol. The third kappa shape index (κ3) is 4.22. The van der Waals surface area contributed by atoms with Crippen molar-refractivity contribution in [3.63, 3.8) is 0 Å². The number of rotatable bonds is 7. The minimum Gasteiger partial charge on any atom is -0.497 e. The van der Waals surface area contributed by atoms with E-state index in [1.165, 1.54) is 6.20 Å². The number of nitrogens with zero attached hydrogens (tertiary/aromatic N) is 2. The second-order valence-corrected chi connectivity index (χ2v) is 4.90. The van der Waals surface area contributed by atoms with Crippen LogP contribution in [-0.2, 0) is 0 Å². The van der Waals surface area contributed by atoms with Crippen molar-refractivity contribution in [3.8, 4) is 11.6 Å². The zero-order valence-electron chi connectivity index (χ0n) is 10.7. The Morgan fingerprint density at radius 1 is 1.50 bits per heavy atom. The van der Waals surface area contributed by atoms with Crippen LogP contribution >= 0.6 is 23.3 Å². The second-order valence-electron chi connectivity index (χ2n) is 3.94. The van der Waals surface area contributed by atoms with Crippen molar-refractivity contribution in [2.75, 3.05) is 25.6 Å². The molecule has 0 spiro atoms. The molecule has 0 radical (unpaired) electrons. The molecule has 1 unspecified atom stereocenters. The number of hydrogen-bond donors (Lipinski definition) is 2. The maximum absolute atomic E-state index is 9.82. The highest BCUT2D eigenvalue weighted by Gasteiger charge is 2.08. The van der Waals surface area contributed by atoms with Crippen LogP contribution in [0.5, 0.6) is 11.6 Å². The summed E-state index contributed by atoms with van der Waals surface area (Å²) < 4.78 is 18.1. The largest absolute Gasteiger partial charge is 0.497 e. The number of aliphatic hydroxyl groups is 1. The monoisotopic (exact) mass is 315 g/mol. The van der Waals surface area contributed by atoms with Gasteiger partial charge in [0.2, 0.25) is 5.88 Å². The van der Waals surface area contributed by atoms with Gasteiger partial charge in [0.15, 0.2) is 0 Å². The van der Waals surface area contributed by atoms with Gasteiger partial charge in [0.1, 0.15) is 24.7 Å². The minimum absolute atomic E-state index is 0.125. The van der Waals surface area contributed by atoms with Crippen LogP contribution in [0.25, 0.3) is 0 Å². The normalized spacial score (nSPS) is 11.9. The van der Waals surface area contributed by atoms with E-state index in [0.717, 1.165) is 11.7 Å². The lowest BCUT2D eigenvalue weighted by molar-refractivity contribution is 0.115. The molecule has 1 heterocycles. The van der Waals surface area contributed by atoms with Gasteiger partial charge in [-0.2, -0.15) is 4.37 Å². The van der Waals surface area contributed by atoms with Crippen molar-refractivity contribution in [3.05, 3.63) is 29.4 Å². The Morgan fingerprint density at radius 2 is 2.35 bits per heavy atom. The summed E-state index contributed by atoms with van der Waals surface area (Å²) in [4.78, 5) is 0. The van der Waals surface area contributed by atoms with Gasteiger partial charge in [-0.15, -0.1) is 4.37 Å². The fourth-order valence-corrected chi connectivity index (χ4v) is 2.00. The molecule has 1 aromatic carbocycles. The maximum atomic E-state index is 9.82. The van der Waals surface area contributed by atoms with Crippen molar-refractivity contribution in [2.45, 2.75) is 6.10 Å². The summed E-state index contributed by atoms with van der Waals surface area (Å²) in [5.41, 5.74) is 0.695. The van der Waals surface area contributed by atoms with Gasteiger partial charge in [0.05, 0.1) is 29.5 Å². The fourth-order valence-electron chi connectivity index (χ4n) is 1.45. The molecule has 0 saturated carbocycles. The third-order valence-corrected chi connectivity index (χ3v) is 3.26. The average molecular weight is 316 g/mol. The van der Waals surface area contributed by atoms with Gasteiger partial charge in [-0.25, -0.2) is 0 Å². The van der Waals surface area contributed by atoms with Gasteiger partial charge in [0.25, 0.3) is 0 Å². The van der Waals surface area contributed by atoms with Crippen molar-refractivity contribution >= 4 is 29.0 Å². The van der Waals surface area contributed by atoms with E-state index < -0.39 is 6.10 Å². The number of methoxy groups -OCH3 is 1. The Labute approximate surface area is 125 Å². The molecule has 2 N–H and O–H groups in total. The molecular weight excluding hydrogens is 302 g/mol. The number of aromatic nitrogens is 2. The van der Waals surface area contributed by atoms with Crippen LogP contribution in [0.2, 0.25) is 5.02 Å². The minimum atomic E-state index is -0.695. The highest BCUT2D eigenvalue weighted by Crippen LogP contribution is 2.26. The van der Waals surface area contributed by atoms with Crippen molar-refractivity contribution in [1.82, 2.24) is 8.75 Å². The Bertz CT molecular complexity index is 539. The lowest BCUT2D eigenvalue weighted by atomic mass is 10.3. The van der Waals surface area contributed by atoms with Crippen LogP contribution in [0.15, 0.2) is 24.4 Å². The van der Waals surface area contributed by atoms with E-state index in [0.29, 0.717) is 28.9 Å². The summed E-state index contributed by atoms with van der Waals surface area (Å²) in [6.07, 6.45) is 0.808. The number of benzene rings is 1. The molecule has 0 aliphatic carbocycles. The summed E-state index contributed by atoms with van der Waals surface area (Å²) in [6.45, 7) is 0.421. The zero-order chi connectivity index (χ0) is 14.4. The van der Waals surface area contributed by atoms with Gasteiger partial charge in [0, 0.05) is 12.6 Å². The first-order valence-corrected chi connectivity index (χ1v) is 6.95. The zero-order valence-corrected chi connectivity index (χ0v) is 12.3. The van der Waals surface area contributed by atoms with Crippen LogP contribution in [0.1, 0.15) is 0 Å². The highest BCUT2D eigenvalue weighted by atomic mass is 35.5. The van der Waals surface area contributed by atoms with Crippen molar-refractivity contribution in [1.29, 1.82) is 0 Å². The summed E-state index contributed by atoms with van der Waals surface area (Å²) >= 11 is 7.10. The van der Waals surface area contributed by atoms with Crippen LogP contribution in [0.4, 0.5) is 5.69 Å². The first kappa shape index (κ1) is 14.8. The quantitative estimate of drug-likeness (QED) is 0.814. The summed E-state index contributed by atoms with van der Waals surface area (Å²) in [5, 5.41) is 13.4. The fraction of sp³-hybridized carbons (Fsp3) is 0.333. The average Bonchev–Trinajstić information content (AvgIpc) is 2.97. The number of halogens is 1. The number of hydrogen-bond acceptors (Lipinski definition) is 7. The summed E-state index contributed by atoms with van der Waals surface area (Å²) in [6, 6.07) is 5.26. The highest BCUT2D eigenvalue weighted by molar-refractivity contribution is 6.99. The van der Waals surface area contributed by atoms with Crippen LogP contribution in [0, 0.1) is 0 Å². The molecule has 8 heteroatoms. The van der Waals surface area contributed by atoms with E-state index >= 15 is 0 Å². The molecule has 0 fully saturated rings. The van der Waals surface area contributed by atoms with Crippen molar-refractivity contribution < 1.29 is 14.6 Å². The van der Waals surface area contributed by atoms with Crippen LogP contribution in [-0.4, -0.2) is 40.2 Å². The Morgan fingerprint density at radius 3 is 3.05 bits per heavy atom. The number of aliphatic hydroxyl groups excluding tert-OH is 1. The first-order chi connectivity index (χ1) is 9.69. The molecule has 108 valence electrons. The lowest BCUT2D eigenvalue weighted by Gasteiger charge is -2.14. The first-order valence-electron chi connectivity index (χ1n) is 5.85. The molecular formula is C12H14ClN3O3S. The van der Waals surface area contributed by atoms with E-state index in [4.69, 9.17) is 21.1 Å². The molecule has 0 amide bonds. The van der Waals surface area contributed by atoms with Gasteiger partial charge < -0.3 is 19.9 Å². The Hall–Kier alpha value is -1.57. The molecule has 0 aliphatic heterocycles. The number of anilines is 1. The smallest absolute Gasteiger partial charge is 0.245 e. The SMILES string of the molecule is COc1ccc(Cl)c(NCC(O)COc2cnsn2)c1. The molecule has 0 aliphatic rings. The molecule has 1 atom stereocenters. The Balaban J connectivity index is 1.82. The Kier molecular flexibility index (Phi) is 5.40. The van der Waals surface area contributed by atoms with Gasteiger partial charge in [-0.1, -0.05) is 11.6 Å². The molecule has 20 heavy (non-hydrogen) atoms. The molecule has 6 nitrogen and oxygen atoms in total. The molecule has 2 aromatic rings. The van der Waals surface area contributed by atoms with E-state index in [1.54, 1.807) is 25.3 Å². The third-order valence-electron chi connectivity index (χ3n) is 2.47.